The summed E-state index contributed by atoms with van der Waals surface area (Å²) in [4.78, 5) is -1.19. The van der Waals surface area contributed by atoms with E-state index in [2.05, 4.69) is 11.8 Å². The van der Waals surface area contributed by atoms with Gasteiger partial charge in [-0.3, -0.25) is 0 Å². The third kappa shape index (κ3) is 3.48. The van der Waals surface area contributed by atoms with Gasteiger partial charge in [0.05, 0.1) is 0 Å². The summed E-state index contributed by atoms with van der Waals surface area (Å²) in [7, 11) is -4.35. The molecule has 0 aliphatic carbocycles. The predicted molar refractivity (Wildman–Crippen MR) is 59.6 cm³/mol. The summed E-state index contributed by atoms with van der Waals surface area (Å²) in [5, 5.41) is 0. The fourth-order valence-corrected chi connectivity index (χ4v) is 2.38. The van der Waals surface area contributed by atoms with Gasteiger partial charge in [0.15, 0.2) is 4.90 Å². The van der Waals surface area contributed by atoms with E-state index in [0.29, 0.717) is 12.1 Å². The van der Waals surface area contributed by atoms with Gasteiger partial charge in [-0.15, -0.1) is 11.8 Å². The minimum absolute atomic E-state index is 0.0839. The summed E-state index contributed by atoms with van der Waals surface area (Å²) in [6.45, 7) is 1.49. The zero-order chi connectivity index (χ0) is 13.8. The van der Waals surface area contributed by atoms with Crippen LogP contribution in [-0.2, 0) is 10.0 Å². The average Bonchev–Trinajstić information content (AvgIpc) is 2.22. The van der Waals surface area contributed by atoms with Crippen molar-refractivity contribution in [1.82, 2.24) is 4.72 Å². The summed E-state index contributed by atoms with van der Waals surface area (Å²) < 4.78 is 64.3. The van der Waals surface area contributed by atoms with Crippen LogP contribution in [0.5, 0.6) is 0 Å². The zero-order valence-corrected chi connectivity index (χ0v) is 10.2. The van der Waals surface area contributed by atoms with Gasteiger partial charge in [0.25, 0.3) is 0 Å². The van der Waals surface area contributed by atoms with Crippen LogP contribution in [0.1, 0.15) is 13.3 Å². The molecule has 0 amide bonds. The quantitative estimate of drug-likeness (QED) is 0.674. The van der Waals surface area contributed by atoms with Crippen molar-refractivity contribution in [3.63, 3.8) is 0 Å². The maximum absolute atomic E-state index is 13.3. The van der Waals surface area contributed by atoms with Crippen LogP contribution in [0, 0.1) is 29.3 Å². The molecule has 0 aromatic heterocycles. The Morgan fingerprint density at radius 2 is 1.78 bits per heavy atom. The molecule has 1 aromatic carbocycles. The van der Waals surface area contributed by atoms with E-state index in [-0.39, 0.29) is 13.0 Å². The third-order valence-corrected chi connectivity index (χ3v) is 3.46. The summed E-state index contributed by atoms with van der Waals surface area (Å²) in [5.74, 6) is 1.01. The second-order valence-corrected chi connectivity index (χ2v) is 4.98. The van der Waals surface area contributed by atoms with Gasteiger partial charge >= 0.3 is 0 Å². The highest BCUT2D eigenvalue weighted by Crippen LogP contribution is 2.19. The van der Waals surface area contributed by atoms with Crippen molar-refractivity contribution in [2.45, 2.75) is 18.2 Å². The first kappa shape index (κ1) is 14.5. The molecule has 0 radical (unpaired) electrons. The lowest BCUT2D eigenvalue weighted by Crippen LogP contribution is -2.26. The second-order valence-electron chi connectivity index (χ2n) is 3.27. The lowest BCUT2D eigenvalue weighted by molar-refractivity contribution is 0.494. The zero-order valence-electron chi connectivity index (χ0n) is 9.43. The van der Waals surface area contributed by atoms with Gasteiger partial charge in [-0.1, -0.05) is 0 Å². The van der Waals surface area contributed by atoms with E-state index < -0.39 is 32.4 Å². The maximum Gasteiger partial charge on any atom is 0.246 e. The lowest BCUT2D eigenvalue weighted by Gasteiger charge is -2.07. The Bertz CT molecular complexity index is 579. The Hall–Kier alpha value is -1.52. The van der Waals surface area contributed by atoms with Crippen molar-refractivity contribution in [1.29, 1.82) is 0 Å². The molecule has 0 aliphatic heterocycles. The standard InChI is InChI=1S/C11H10F3NO2S/c1-2-3-4-5-15-18(16,17)11-9(13)6-8(12)7-10(11)14/h6-7,15H,4-5H2,1H3. The fourth-order valence-electron chi connectivity index (χ4n) is 1.23. The molecule has 0 aliphatic rings. The monoisotopic (exact) mass is 277 g/mol. The molecule has 98 valence electrons. The number of nitrogens with one attached hydrogen (secondary N) is 1. The van der Waals surface area contributed by atoms with Gasteiger partial charge in [0.1, 0.15) is 17.5 Å². The molecular formula is C11H10F3NO2S. The van der Waals surface area contributed by atoms with Crippen molar-refractivity contribution in [3.05, 3.63) is 29.6 Å². The van der Waals surface area contributed by atoms with Gasteiger partial charge in [0.2, 0.25) is 10.0 Å². The summed E-state index contributed by atoms with van der Waals surface area (Å²) in [6, 6.07) is 0.618. The molecule has 0 saturated heterocycles. The lowest BCUT2D eigenvalue weighted by atomic mass is 10.3. The van der Waals surface area contributed by atoms with Crippen molar-refractivity contribution in [3.8, 4) is 11.8 Å². The highest BCUT2D eigenvalue weighted by atomic mass is 32.2. The minimum Gasteiger partial charge on any atom is -0.210 e. The number of benzene rings is 1. The van der Waals surface area contributed by atoms with E-state index in [9.17, 15) is 21.6 Å². The molecule has 1 rings (SSSR count). The first-order chi connectivity index (χ1) is 8.38. The Balaban J connectivity index is 3.01. The predicted octanol–water partition coefficient (Wildman–Crippen LogP) is 1.80. The molecule has 1 aromatic rings. The van der Waals surface area contributed by atoms with Crippen molar-refractivity contribution < 1.29 is 21.6 Å². The highest BCUT2D eigenvalue weighted by Gasteiger charge is 2.24. The van der Waals surface area contributed by atoms with Gasteiger partial charge in [-0.25, -0.2) is 26.3 Å². The Labute approximate surface area is 103 Å². The smallest absolute Gasteiger partial charge is 0.210 e. The Morgan fingerprint density at radius 1 is 1.22 bits per heavy atom. The normalized spacial score (nSPS) is 10.9. The second kappa shape index (κ2) is 5.89. The van der Waals surface area contributed by atoms with Crippen LogP contribution in [0.25, 0.3) is 0 Å². The van der Waals surface area contributed by atoms with Gasteiger partial charge in [-0.05, 0) is 6.92 Å². The molecule has 0 fully saturated rings. The van der Waals surface area contributed by atoms with Crippen LogP contribution in [0.4, 0.5) is 13.2 Å². The van der Waals surface area contributed by atoms with Crippen molar-refractivity contribution in [2.24, 2.45) is 0 Å². The number of rotatable bonds is 4. The SMILES string of the molecule is CC#CCCNS(=O)(=O)c1c(F)cc(F)cc1F. The first-order valence-electron chi connectivity index (χ1n) is 4.92. The van der Waals surface area contributed by atoms with Crippen LogP contribution in [0.3, 0.4) is 0 Å². The van der Waals surface area contributed by atoms with Gasteiger partial charge in [0, 0.05) is 25.1 Å². The van der Waals surface area contributed by atoms with E-state index >= 15 is 0 Å². The molecule has 18 heavy (non-hydrogen) atoms. The number of hydrogen-bond acceptors (Lipinski definition) is 2. The highest BCUT2D eigenvalue weighted by molar-refractivity contribution is 7.89. The van der Waals surface area contributed by atoms with Crippen LogP contribution < -0.4 is 4.72 Å². The summed E-state index contributed by atoms with van der Waals surface area (Å²) in [6.07, 6.45) is 0.208. The molecule has 0 unspecified atom stereocenters. The fraction of sp³-hybridized carbons (Fsp3) is 0.273. The van der Waals surface area contributed by atoms with E-state index in [4.69, 9.17) is 0 Å². The molecule has 0 atom stereocenters. The Morgan fingerprint density at radius 3 is 2.28 bits per heavy atom. The van der Waals surface area contributed by atoms with Gasteiger partial charge < -0.3 is 0 Å². The minimum atomic E-state index is -4.35. The molecule has 3 nitrogen and oxygen atoms in total. The third-order valence-electron chi connectivity index (χ3n) is 1.95. The summed E-state index contributed by atoms with van der Waals surface area (Å²) in [5.41, 5.74) is 0. The molecular weight excluding hydrogens is 267 g/mol. The molecule has 7 heteroatoms. The van der Waals surface area contributed by atoms with E-state index in [0.717, 1.165) is 0 Å². The van der Waals surface area contributed by atoms with Crippen molar-refractivity contribution >= 4 is 10.0 Å². The Kier molecular flexibility index (Phi) is 4.76. The van der Waals surface area contributed by atoms with Crippen LogP contribution in [0.15, 0.2) is 17.0 Å². The average molecular weight is 277 g/mol. The van der Waals surface area contributed by atoms with E-state index in [1.54, 1.807) is 6.92 Å². The topological polar surface area (TPSA) is 46.2 Å². The molecule has 0 heterocycles. The van der Waals surface area contributed by atoms with E-state index in [1.807, 2.05) is 4.72 Å². The first-order valence-corrected chi connectivity index (χ1v) is 6.40. The van der Waals surface area contributed by atoms with Crippen molar-refractivity contribution in [2.75, 3.05) is 6.54 Å². The largest absolute Gasteiger partial charge is 0.246 e. The molecule has 0 spiro atoms. The molecule has 0 saturated carbocycles. The van der Waals surface area contributed by atoms with E-state index in [1.165, 1.54) is 0 Å². The summed E-state index contributed by atoms with van der Waals surface area (Å²) >= 11 is 0. The number of sulfonamides is 1. The molecule has 0 bridgehead atoms. The maximum atomic E-state index is 13.3. The van der Waals surface area contributed by atoms with Crippen LogP contribution >= 0.6 is 0 Å². The van der Waals surface area contributed by atoms with Crippen LogP contribution in [-0.4, -0.2) is 15.0 Å². The molecule has 1 N–H and O–H groups in total. The van der Waals surface area contributed by atoms with Gasteiger partial charge in [-0.2, -0.15) is 0 Å². The number of hydrogen-bond donors (Lipinski definition) is 1. The van der Waals surface area contributed by atoms with Crippen LogP contribution in [0.2, 0.25) is 0 Å². The number of halogens is 3.